The van der Waals surface area contributed by atoms with Gasteiger partial charge in [0.1, 0.15) is 17.4 Å². The van der Waals surface area contributed by atoms with Crippen LogP contribution in [0.1, 0.15) is 11.1 Å². The van der Waals surface area contributed by atoms with E-state index in [1.165, 1.54) is 6.07 Å². The number of aromatic nitrogens is 5. The Morgan fingerprint density at radius 3 is 3.03 bits per heavy atom. The standard InChI is InChI=1S/C20H17FN6O2/c1-27-16(4-6-25-27)13-9-23-19(14-10-24-26-20(28)18(13)14)22-8-12-11-5-7-29-17(11)3-2-15(12)21/h2-4,6,9-10H,5,7-8H2,1H3,(H,22,23)(H,26,28). The van der Waals surface area contributed by atoms with Gasteiger partial charge in [-0.15, -0.1) is 0 Å². The molecule has 146 valence electrons. The molecule has 0 saturated heterocycles. The molecule has 0 amide bonds. The highest BCUT2D eigenvalue weighted by molar-refractivity contribution is 6.00. The molecule has 0 fully saturated rings. The summed E-state index contributed by atoms with van der Waals surface area (Å²) in [4.78, 5) is 17.0. The fourth-order valence-corrected chi connectivity index (χ4v) is 3.76. The van der Waals surface area contributed by atoms with Gasteiger partial charge in [-0.05, 0) is 18.2 Å². The minimum Gasteiger partial charge on any atom is -0.493 e. The molecule has 4 aromatic rings. The van der Waals surface area contributed by atoms with Crippen LogP contribution in [0.3, 0.4) is 0 Å². The van der Waals surface area contributed by atoms with Crippen LogP contribution in [0.15, 0.2) is 41.6 Å². The molecule has 5 rings (SSSR count). The highest BCUT2D eigenvalue weighted by Crippen LogP contribution is 2.32. The lowest BCUT2D eigenvalue weighted by molar-refractivity contribution is 0.356. The number of fused-ring (bicyclic) bond motifs is 2. The van der Waals surface area contributed by atoms with E-state index in [1.807, 2.05) is 6.07 Å². The normalized spacial score (nSPS) is 12.8. The summed E-state index contributed by atoms with van der Waals surface area (Å²) in [5, 5.41) is 14.7. The van der Waals surface area contributed by atoms with Crippen LogP contribution in [-0.4, -0.2) is 31.6 Å². The van der Waals surface area contributed by atoms with E-state index in [4.69, 9.17) is 4.74 Å². The van der Waals surface area contributed by atoms with Gasteiger partial charge in [-0.2, -0.15) is 10.2 Å². The lowest BCUT2D eigenvalue weighted by Crippen LogP contribution is -2.13. The summed E-state index contributed by atoms with van der Waals surface area (Å²) >= 11 is 0. The number of hydrogen-bond acceptors (Lipinski definition) is 6. The third-order valence-corrected chi connectivity index (χ3v) is 5.17. The third-order valence-electron chi connectivity index (χ3n) is 5.17. The SMILES string of the molecule is Cn1nccc1-c1cnc(NCc2c(F)ccc3c2CCO3)c2cn[nH]c(=O)c12. The van der Waals surface area contributed by atoms with Crippen molar-refractivity contribution in [1.82, 2.24) is 25.0 Å². The molecule has 8 nitrogen and oxygen atoms in total. The highest BCUT2D eigenvalue weighted by atomic mass is 19.1. The number of nitrogens with zero attached hydrogens (tertiary/aromatic N) is 4. The highest BCUT2D eigenvalue weighted by Gasteiger charge is 2.20. The van der Waals surface area contributed by atoms with E-state index in [-0.39, 0.29) is 17.9 Å². The van der Waals surface area contributed by atoms with Crippen molar-refractivity contribution in [1.29, 1.82) is 0 Å². The number of aromatic amines is 1. The molecular weight excluding hydrogens is 375 g/mol. The molecule has 0 atom stereocenters. The molecule has 0 aliphatic carbocycles. The Labute approximate surface area is 164 Å². The van der Waals surface area contributed by atoms with E-state index in [9.17, 15) is 9.18 Å². The average molecular weight is 392 g/mol. The molecule has 1 aliphatic heterocycles. The number of hydrogen-bond donors (Lipinski definition) is 2. The molecular formula is C20H17FN6O2. The molecule has 29 heavy (non-hydrogen) atoms. The smallest absolute Gasteiger partial charge is 0.272 e. The predicted octanol–water partition coefficient (Wildman–Crippen LogP) is 2.40. The van der Waals surface area contributed by atoms with E-state index in [0.717, 1.165) is 11.3 Å². The van der Waals surface area contributed by atoms with Crippen molar-refractivity contribution in [3.63, 3.8) is 0 Å². The third kappa shape index (κ3) is 2.82. The van der Waals surface area contributed by atoms with Crippen LogP contribution >= 0.6 is 0 Å². The summed E-state index contributed by atoms with van der Waals surface area (Å²) in [5.41, 5.74) is 2.49. The number of nitrogens with one attached hydrogen (secondary N) is 2. The molecule has 0 spiro atoms. The summed E-state index contributed by atoms with van der Waals surface area (Å²) in [6.07, 6.45) is 5.48. The van der Waals surface area contributed by atoms with Crippen LogP contribution < -0.4 is 15.6 Å². The maximum Gasteiger partial charge on any atom is 0.272 e. The molecule has 9 heteroatoms. The Kier molecular flexibility index (Phi) is 4.01. The number of H-pyrrole nitrogens is 1. The summed E-state index contributed by atoms with van der Waals surface area (Å²) in [5.74, 6) is 0.875. The average Bonchev–Trinajstić information content (AvgIpc) is 3.36. The second-order valence-corrected chi connectivity index (χ2v) is 6.80. The second kappa shape index (κ2) is 6.69. The zero-order valence-corrected chi connectivity index (χ0v) is 15.6. The lowest BCUT2D eigenvalue weighted by atomic mass is 10.0. The van der Waals surface area contributed by atoms with Gasteiger partial charge in [-0.1, -0.05) is 0 Å². The fourth-order valence-electron chi connectivity index (χ4n) is 3.76. The molecule has 1 aromatic carbocycles. The Hall–Kier alpha value is -3.75. The Morgan fingerprint density at radius 1 is 1.31 bits per heavy atom. The summed E-state index contributed by atoms with van der Waals surface area (Å²) in [6.45, 7) is 0.768. The zero-order valence-electron chi connectivity index (χ0n) is 15.6. The van der Waals surface area contributed by atoms with E-state index < -0.39 is 0 Å². The van der Waals surface area contributed by atoms with Crippen LogP contribution in [0.2, 0.25) is 0 Å². The minimum atomic E-state index is -0.329. The first-order valence-electron chi connectivity index (χ1n) is 9.15. The predicted molar refractivity (Wildman–Crippen MR) is 105 cm³/mol. The molecule has 4 heterocycles. The van der Waals surface area contributed by atoms with Crippen LogP contribution in [0.25, 0.3) is 22.0 Å². The topological polar surface area (TPSA) is 97.7 Å². The molecule has 3 aromatic heterocycles. The maximum absolute atomic E-state index is 14.4. The van der Waals surface area contributed by atoms with Crippen molar-refractivity contribution >= 4 is 16.6 Å². The summed E-state index contributed by atoms with van der Waals surface area (Å²) in [7, 11) is 1.80. The molecule has 1 aliphatic rings. The fraction of sp³-hybridized carbons (Fsp3) is 0.200. The molecule has 2 N–H and O–H groups in total. The number of ether oxygens (including phenoxy) is 1. The molecule has 0 unspecified atom stereocenters. The van der Waals surface area contributed by atoms with Crippen molar-refractivity contribution in [3.8, 4) is 17.0 Å². The first-order valence-corrected chi connectivity index (χ1v) is 9.15. The van der Waals surface area contributed by atoms with Gasteiger partial charge in [0.05, 0.1) is 29.3 Å². The van der Waals surface area contributed by atoms with Crippen LogP contribution in [-0.2, 0) is 20.0 Å². The quantitative estimate of drug-likeness (QED) is 0.554. The number of halogens is 1. The van der Waals surface area contributed by atoms with Gasteiger partial charge >= 0.3 is 0 Å². The van der Waals surface area contributed by atoms with Gasteiger partial charge in [0, 0.05) is 49.1 Å². The van der Waals surface area contributed by atoms with Crippen molar-refractivity contribution < 1.29 is 9.13 Å². The lowest BCUT2D eigenvalue weighted by Gasteiger charge is -2.13. The summed E-state index contributed by atoms with van der Waals surface area (Å²) < 4.78 is 21.6. The number of aryl methyl sites for hydroxylation is 1. The Balaban J connectivity index is 1.58. The maximum atomic E-state index is 14.4. The van der Waals surface area contributed by atoms with Gasteiger partial charge in [-0.3, -0.25) is 9.48 Å². The number of rotatable bonds is 4. The van der Waals surface area contributed by atoms with Gasteiger partial charge < -0.3 is 10.1 Å². The van der Waals surface area contributed by atoms with Gasteiger partial charge in [0.25, 0.3) is 5.56 Å². The first kappa shape index (κ1) is 17.4. The molecule has 0 saturated carbocycles. The van der Waals surface area contributed by atoms with Gasteiger partial charge in [-0.25, -0.2) is 14.5 Å². The summed E-state index contributed by atoms with van der Waals surface area (Å²) in [6, 6.07) is 4.87. The van der Waals surface area contributed by atoms with E-state index >= 15 is 0 Å². The van der Waals surface area contributed by atoms with Crippen LogP contribution in [0, 0.1) is 5.82 Å². The van der Waals surface area contributed by atoms with E-state index in [0.29, 0.717) is 46.5 Å². The number of anilines is 1. The largest absolute Gasteiger partial charge is 0.493 e. The number of pyridine rings is 1. The Morgan fingerprint density at radius 2 is 2.21 bits per heavy atom. The second-order valence-electron chi connectivity index (χ2n) is 6.80. The number of benzene rings is 1. The van der Waals surface area contributed by atoms with Gasteiger partial charge in [0.2, 0.25) is 0 Å². The van der Waals surface area contributed by atoms with Crippen molar-refractivity contribution in [2.45, 2.75) is 13.0 Å². The van der Waals surface area contributed by atoms with Crippen LogP contribution in [0.5, 0.6) is 5.75 Å². The van der Waals surface area contributed by atoms with Crippen LogP contribution in [0.4, 0.5) is 10.2 Å². The molecule has 0 radical (unpaired) electrons. The van der Waals surface area contributed by atoms with E-state index in [1.54, 1.807) is 36.4 Å². The van der Waals surface area contributed by atoms with Crippen molar-refractivity contribution in [2.75, 3.05) is 11.9 Å². The van der Waals surface area contributed by atoms with Crippen molar-refractivity contribution in [3.05, 3.63) is 64.1 Å². The zero-order chi connectivity index (χ0) is 20.0. The van der Waals surface area contributed by atoms with E-state index in [2.05, 4.69) is 25.6 Å². The van der Waals surface area contributed by atoms with Gasteiger partial charge in [0.15, 0.2) is 0 Å². The molecule has 0 bridgehead atoms. The monoisotopic (exact) mass is 392 g/mol. The first-order chi connectivity index (χ1) is 14.1. The van der Waals surface area contributed by atoms with Crippen molar-refractivity contribution in [2.24, 2.45) is 7.05 Å². The minimum absolute atomic E-state index is 0.221. The Bertz CT molecular complexity index is 1300.